The van der Waals surface area contributed by atoms with Gasteiger partial charge in [0.15, 0.2) is 17.3 Å². The molecule has 3 aromatic carbocycles. The van der Waals surface area contributed by atoms with Crippen LogP contribution in [-0.2, 0) is 17.6 Å². The van der Waals surface area contributed by atoms with Crippen molar-refractivity contribution in [3.8, 4) is 0 Å². The Morgan fingerprint density at radius 3 is 1.79 bits per heavy atom. The maximum absolute atomic E-state index is 13.0. The molecule has 0 saturated carbocycles. The molecule has 5 rings (SSSR count). The molecule has 0 unspecified atom stereocenters. The zero-order valence-electron chi connectivity index (χ0n) is 20.9. The highest BCUT2D eigenvalue weighted by Gasteiger charge is 2.14. The summed E-state index contributed by atoms with van der Waals surface area (Å²) >= 11 is 0. The molecule has 0 amide bonds. The Hall–Kier alpha value is -4.49. The molecule has 0 aliphatic carbocycles. The van der Waals surface area contributed by atoms with Crippen molar-refractivity contribution in [3.63, 3.8) is 0 Å². The molecule has 190 valence electrons. The van der Waals surface area contributed by atoms with Crippen molar-refractivity contribution in [1.82, 2.24) is 9.97 Å². The zero-order chi connectivity index (χ0) is 26.3. The van der Waals surface area contributed by atoms with E-state index in [-0.39, 0.29) is 30.2 Å². The molecular formula is C31H27N3O4. The second kappa shape index (κ2) is 11.7. The number of rotatable bonds is 9. The molecular weight excluding hydrogens is 478 g/mol. The van der Waals surface area contributed by atoms with Crippen molar-refractivity contribution in [2.24, 2.45) is 0 Å². The first-order chi connectivity index (χ1) is 18.6. The summed E-state index contributed by atoms with van der Waals surface area (Å²) < 4.78 is 5.40. The maximum Gasteiger partial charge on any atom is 0.193 e. The number of hydrogen-bond acceptors (Lipinski definition) is 7. The Morgan fingerprint density at radius 1 is 0.684 bits per heavy atom. The van der Waals surface area contributed by atoms with Crippen LogP contribution in [0.4, 0.5) is 5.69 Å². The number of nitrogens with zero attached hydrogens (tertiary/aromatic N) is 3. The number of ether oxygens (including phenoxy) is 1. The number of carbonyl (C=O) groups is 3. The molecule has 1 saturated heterocycles. The second-order valence-electron chi connectivity index (χ2n) is 9.16. The van der Waals surface area contributed by atoms with Gasteiger partial charge in [0.25, 0.3) is 0 Å². The smallest absolute Gasteiger partial charge is 0.193 e. The lowest BCUT2D eigenvalue weighted by Gasteiger charge is -2.28. The van der Waals surface area contributed by atoms with Gasteiger partial charge < -0.3 is 9.64 Å². The van der Waals surface area contributed by atoms with Crippen molar-refractivity contribution in [3.05, 3.63) is 125 Å². The van der Waals surface area contributed by atoms with E-state index in [9.17, 15) is 14.4 Å². The average Bonchev–Trinajstić information content (AvgIpc) is 2.98. The van der Waals surface area contributed by atoms with Gasteiger partial charge in [-0.15, -0.1) is 0 Å². The van der Waals surface area contributed by atoms with Gasteiger partial charge >= 0.3 is 0 Å². The molecule has 7 heteroatoms. The first-order valence-corrected chi connectivity index (χ1v) is 12.5. The molecule has 38 heavy (non-hydrogen) atoms. The second-order valence-corrected chi connectivity index (χ2v) is 9.16. The number of carbonyl (C=O) groups excluding carboxylic acids is 3. The van der Waals surface area contributed by atoms with Crippen LogP contribution in [0.1, 0.15) is 47.9 Å². The normalized spacial score (nSPS) is 13.2. The average molecular weight is 506 g/mol. The van der Waals surface area contributed by atoms with Gasteiger partial charge in [0.1, 0.15) is 5.69 Å². The number of hydrogen-bond donors (Lipinski definition) is 0. The molecule has 4 aromatic rings. The molecule has 2 heterocycles. The van der Waals surface area contributed by atoms with Gasteiger partial charge in [-0.1, -0.05) is 48.5 Å². The van der Waals surface area contributed by atoms with Crippen molar-refractivity contribution >= 4 is 23.0 Å². The molecule has 1 aliphatic rings. The third kappa shape index (κ3) is 6.07. The van der Waals surface area contributed by atoms with Crippen LogP contribution in [0.5, 0.6) is 0 Å². The van der Waals surface area contributed by atoms with Gasteiger partial charge in [0.2, 0.25) is 0 Å². The minimum atomic E-state index is -0.129. The van der Waals surface area contributed by atoms with E-state index >= 15 is 0 Å². The van der Waals surface area contributed by atoms with Crippen LogP contribution in [0, 0.1) is 0 Å². The summed E-state index contributed by atoms with van der Waals surface area (Å²) in [7, 11) is 0. The van der Waals surface area contributed by atoms with E-state index in [1.807, 2.05) is 36.4 Å². The first-order valence-electron chi connectivity index (χ1n) is 12.5. The summed E-state index contributed by atoms with van der Waals surface area (Å²) in [5.74, 6) is -0.215. The molecule has 0 atom stereocenters. The highest BCUT2D eigenvalue weighted by molar-refractivity contribution is 6.09. The Kier molecular flexibility index (Phi) is 7.75. The third-order valence-corrected chi connectivity index (χ3v) is 6.58. The minimum Gasteiger partial charge on any atom is -0.378 e. The van der Waals surface area contributed by atoms with Gasteiger partial charge in [-0.3, -0.25) is 19.4 Å². The van der Waals surface area contributed by atoms with Crippen LogP contribution in [0.25, 0.3) is 0 Å². The lowest BCUT2D eigenvalue weighted by molar-refractivity contribution is 0.0982. The minimum absolute atomic E-state index is 0.0317. The van der Waals surface area contributed by atoms with Gasteiger partial charge in [-0.05, 0) is 35.4 Å². The summed E-state index contributed by atoms with van der Waals surface area (Å²) in [6, 6.07) is 21.8. The molecule has 1 aliphatic heterocycles. The Labute approximate surface area is 221 Å². The standard InChI is InChI=1S/C31H27N3O4/c35-29(24-9-11-27(12-10-24)34-15-17-38-18-16-34)19-22-1-5-25(6-2-22)31(37)26-7-3-23(4-8-26)20-30(36)28-21-32-13-14-33-28/h1-14,21H,15-20H2. The highest BCUT2D eigenvalue weighted by Crippen LogP contribution is 2.19. The van der Waals surface area contributed by atoms with Crippen LogP contribution in [0.15, 0.2) is 91.4 Å². The predicted molar refractivity (Wildman–Crippen MR) is 144 cm³/mol. The SMILES string of the molecule is O=C(Cc1ccc(C(=O)c2ccc(CC(=O)c3cnccn3)cc2)cc1)c1ccc(N2CCOCC2)cc1. The zero-order valence-corrected chi connectivity index (χ0v) is 20.9. The topological polar surface area (TPSA) is 89.5 Å². The first kappa shape index (κ1) is 25.2. The summed E-state index contributed by atoms with van der Waals surface area (Å²) in [5.41, 5.74) is 4.80. The molecule has 1 aromatic heterocycles. The van der Waals surface area contributed by atoms with E-state index < -0.39 is 0 Å². The molecule has 0 radical (unpaired) electrons. The lowest BCUT2D eigenvalue weighted by Crippen LogP contribution is -2.36. The largest absolute Gasteiger partial charge is 0.378 e. The van der Waals surface area contributed by atoms with Crippen LogP contribution in [0.3, 0.4) is 0 Å². The molecule has 0 N–H and O–H groups in total. The van der Waals surface area contributed by atoms with Crippen LogP contribution >= 0.6 is 0 Å². The van der Waals surface area contributed by atoms with E-state index in [1.165, 1.54) is 18.6 Å². The van der Waals surface area contributed by atoms with E-state index in [1.54, 1.807) is 36.4 Å². The van der Waals surface area contributed by atoms with Crippen molar-refractivity contribution in [2.75, 3.05) is 31.2 Å². The van der Waals surface area contributed by atoms with E-state index in [2.05, 4.69) is 14.9 Å². The lowest BCUT2D eigenvalue weighted by atomic mass is 9.97. The number of Topliss-reactive ketones (excluding diaryl/α,β-unsaturated/α-hetero) is 2. The summed E-state index contributed by atoms with van der Waals surface area (Å²) in [6.07, 6.45) is 4.90. The molecule has 7 nitrogen and oxygen atoms in total. The van der Waals surface area contributed by atoms with E-state index in [0.717, 1.165) is 43.1 Å². The van der Waals surface area contributed by atoms with Gasteiger partial charge in [0, 0.05) is 60.7 Å². The number of benzene rings is 3. The van der Waals surface area contributed by atoms with Crippen LogP contribution < -0.4 is 4.90 Å². The number of aromatic nitrogens is 2. The highest BCUT2D eigenvalue weighted by atomic mass is 16.5. The fourth-order valence-electron chi connectivity index (χ4n) is 4.40. The summed E-state index contributed by atoms with van der Waals surface area (Å²) in [6.45, 7) is 3.14. The molecule has 0 bridgehead atoms. The summed E-state index contributed by atoms with van der Waals surface area (Å²) in [4.78, 5) is 48.3. The quantitative estimate of drug-likeness (QED) is 0.312. The van der Waals surface area contributed by atoms with Gasteiger partial charge in [-0.2, -0.15) is 0 Å². The predicted octanol–water partition coefficient (Wildman–Crippen LogP) is 4.40. The van der Waals surface area contributed by atoms with Crippen molar-refractivity contribution in [1.29, 1.82) is 0 Å². The Morgan fingerprint density at radius 2 is 1.24 bits per heavy atom. The number of anilines is 1. The third-order valence-electron chi connectivity index (χ3n) is 6.58. The number of ketones is 3. The maximum atomic E-state index is 13.0. The van der Waals surface area contributed by atoms with Crippen molar-refractivity contribution < 1.29 is 19.1 Å². The van der Waals surface area contributed by atoms with Crippen molar-refractivity contribution in [2.45, 2.75) is 12.8 Å². The molecule has 0 spiro atoms. The van der Waals surface area contributed by atoms with Crippen LogP contribution in [0.2, 0.25) is 0 Å². The Balaban J connectivity index is 1.17. The van der Waals surface area contributed by atoms with Crippen LogP contribution in [-0.4, -0.2) is 53.6 Å². The van der Waals surface area contributed by atoms with Gasteiger partial charge in [0.05, 0.1) is 19.4 Å². The molecule has 1 fully saturated rings. The Bertz CT molecular complexity index is 1410. The monoisotopic (exact) mass is 505 g/mol. The van der Waals surface area contributed by atoms with E-state index in [0.29, 0.717) is 22.4 Å². The summed E-state index contributed by atoms with van der Waals surface area (Å²) in [5, 5.41) is 0. The number of morpholine rings is 1. The van der Waals surface area contributed by atoms with E-state index in [4.69, 9.17) is 4.74 Å². The van der Waals surface area contributed by atoms with Gasteiger partial charge in [-0.25, -0.2) is 4.98 Å². The fraction of sp³-hybridized carbons (Fsp3) is 0.194. The fourth-order valence-corrected chi connectivity index (χ4v) is 4.40.